The van der Waals surface area contributed by atoms with Crippen LogP contribution in [0, 0.1) is 17.6 Å². The molecule has 136 valence electrons. The zero-order valence-corrected chi connectivity index (χ0v) is 15.0. The Morgan fingerprint density at radius 2 is 1.88 bits per heavy atom. The number of nitrogens with zero attached hydrogens (tertiary/aromatic N) is 2. The third kappa shape index (κ3) is 6.00. The molecule has 0 aliphatic carbocycles. The smallest absolute Gasteiger partial charge is 0.226 e. The SMILES string of the molecule is CN(C)CCN(Cc1ccc(F)cc1F)C(=O)C1CCNCC1.Cl. The highest BCUT2D eigenvalue weighted by molar-refractivity contribution is 5.85. The number of hydrogen-bond donors (Lipinski definition) is 1. The Morgan fingerprint density at radius 3 is 2.46 bits per heavy atom. The number of likely N-dealkylation sites (N-methyl/N-ethyl adjacent to an activating group) is 1. The van der Waals surface area contributed by atoms with E-state index in [1.807, 2.05) is 19.0 Å². The molecule has 1 aliphatic heterocycles. The lowest BCUT2D eigenvalue weighted by atomic mass is 9.96. The van der Waals surface area contributed by atoms with Crippen LogP contribution >= 0.6 is 12.4 Å². The number of nitrogens with one attached hydrogen (secondary N) is 1. The van der Waals surface area contributed by atoms with Gasteiger partial charge in [0.05, 0.1) is 0 Å². The Morgan fingerprint density at radius 1 is 1.21 bits per heavy atom. The summed E-state index contributed by atoms with van der Waals surface area (Å²) in [6.07, 6.45) is 1.62. The quantitative estimate of drug-likeness (QED) is 0.844. The molecule has 1 amide bonds. The standard InChI is InChI=1S/C17H25F2N3O.ClH/c1-21(2)9-10-22(17(23)13-5-7-20-8-6-13)12-14-3-4-15(18)11-16(14)19;/h3-4,11,13,20H,5-10,12H2,1-2H3;1H. The van der Waals surface area contributed by atoms with Gasteiger partial charge in [-0.2, -0.15) is 0 Å². The summed E-state index contributed by atoms with van der Waals surface area (Å²) in [4.78, 5) is 16.5. The Labute approximate surface area is 148 Å². The van der Waals surface area contributed by atoms with Crippen molar-refractivity contribution in [1.29, 1.82) is 0 Å². The van der Waals surface area contributed by atoms with Gasteiger partial charge in [-0.15, -0.1) is 12.4 Å². The molecule has 1 aromatic rings. The van der Waals surface area contributed by atoms with Gasteiger partial charge in [-0.1, -0.05) is 6.07 Å². The fourth-order valence-electron chi connectivity index (χ4n) is 2.77. The van der Waals surface area contributed by atoms with E-state index in [1.54, 1.807) is 4.90 Å². The summed E-state index contributed by atoms with van der Waals surface area (Å²) in [5.41, 5.74) is 0.354. The largest absolute Gasteiger partial charge is 0.337 e. The van der Waals surface area contributed by atoms with Crippen LogP contribution in [-0.2, 0) is 11.3 Å². The number of piperidine rings is 1. The molecular weight excluding hydrogens is 336 g/mol. The average molecular weight is 362 g/mol. The molecule has 0 unspecified atom stereocenters. The lowest BCUT2D eigenvalue weighted by molar-refractivity contribution is -0.137. The average Bonchev–Trinajstić information content (AvgIpc) is 2.53. The highest BCUT2D eigenvalue weighted by atomic mass is 35.5. The summed E-state index contributed by atoms with van der Waals surface area (Å²) in [6, 6.07) is 3.52. The van der Waals surface area contributed by atoms with Crippen molar-refractivity contribution in [3.8, 4) is 0 Å². The minimum atomic E-state index is -0.601. The van der Waals surface area contributed by atoms with E-state index in [9.17, 15) is 13.6 Å². The second-order valence-corrected chi connectivity index (χ2v) is 6.32. The van der Waals surface area contributed by atoms with Crippen LogP contribution in [0.1, 0.15) is 18.4 Å². The lowest BCUT2D eigenvalue weighted by Gasteiger charge is -2.30. The van der Waals surface area contributed by atoms with Gasteiger partial charge in [-0.3, -0.25) is 4.79 Å². The van der Waals surface area contributed by atoms with E-state index in [4.69, 9.17) is 0 Å². The maximum atomic E-state index is 13.9. The van der Waals surface area contributed by atoms with Crippen LogP contribution in [0.2, 0.25) is 0 Å². The van der Waals surface area contributed by atoms with E-state index in [1.165, 1.54) is 12.1 Å². The molecule has 0 atom stereocenters. The zero-order chi connectivity index (χ0) is 16.8. The zero-order valence-electron chi connectivity index (χ0n) is 14.2. The van der Waals surface area contributed by atoms with E-state index < -0.39 is 11.6 Å². The van der Waals surface area contributed by atoms with Crippen molar-refractivity contribution in [1.82, 2.24) is 15.1 Å². The Balaban J connectivity index is 0.00000288. The highest BCUT2D eigenvalue weighted by Gasteiger charge is 2.26. The number of hydrogen-bond acceptors (Lipinski definition) is 3. The third-order valence-corrected chi connectivity index (χ3v) is 4.19. The summed E-state index contributed by atoms with van der Waals surface area (Å²) in [5.74, 6) is -1.15. The van der Waals surface area contributed by atoms with Crippen LogP contribution in [-0.4, -0.2) is 56.0 Å². The molecule has 24 heavy (non-hydrogen) atoms. The molecule has 1 N–H and O–H groups in total. The Hall–Kier alpha value is -1.24. The van der Waals surface area contributed by atoms with Crippen LogP contribution in [0.25, 0.3) is 0 Å². The van der Waals surface area contributed by atoms with Gasteiger partial charge in [-0.05, 0) is 46.1 Å². The summed E-state index contributed by atoms with van der Waals surface area (Å²) in [7, 11) is 3.87. The number of carbonyl (C=O) groups is 1. The molecule has 1 aromatic carbocycles. The van der Waals surface area contributed by atoms with Crippen LogP contribution < -0.4 is 5.32 Å². The third-order valence-electron chi connectivity index (χ3n) is 4.19. The predicted octanol–water partition coefficient (Wildman–Crippen LogP) is 2.28. The lowest BCUT2D eigenvalue weighted by Crippen LogP contribution is -2.43. The van der Waals surface area contributed by atoms with Gasteiger partial charge in [0, 0.05) is 37.2 Å². The minimum absolute atomic E-state index is 0. The molecule has 0 aromatic heterocycles. The summed E-state index contributed by atoms with van der Waals surface area (Å²) < 4.78 is 27.0. The van der Waals surface area contributed by atoms with Crippen LogP contribution in [0.3, 0.4) is 0 Å². The molecule has 0 bridgehead atoms. The van der Waals surface area contributed by atoms with Gasteiger partial charge >= 0.3 is 0 Å². The summed E-state index contributed by atoms with van der Waals surface area (Å²) in [5, 5.41) is 3.24. The Bertz CT molecular complexity index is 537. The molecule has 0 radical (unpaired) electrons. The molecule has 1 saturated heterocycles. The van der Waals surface area contributed by atoms with Crippen LogP contribution in [0.15, 0.2) is 18.2 Å². The minimum Gasteiger partial charge on any atom is -0.337 e. The van der Waals surface area contributed by atoms with Gasteiger partial charge in [0.15, 0.2) is 0 Å². The topological polar surface area (TPSA) is 35.6 Å². The maximum Gasteiger partial charge on any atom is 0.226 e. The predicted molar refractivity (Wildman–Crippen MR) is 93.2 cm³/mol. The molecule has 1 heterocycles. The molecule has 1 fully saturated rings. The molecule has 0 spiro atoms. The molecule has 0 saturated carbocycles. The number of halogens is 3. The first-order chi connectivity index (χ1) is 11.0. The number of rotatable bonds is 6. The summed E-state index contributed by atoms with van der Waals surface area (Å²) in [6.45, 7) is 3.10. The molecule has 1 aliphatic rings. The number of carbonyl (C=O) groups excluding carboxylic acids is 1. The van der Waals surface area contributed by atoms with E-state index in [0.717, 1.165) is 32.0 Å². The molecule has 2 rings (SSSR count). The van der Waals surface area contributed by atoms with Crippen molar-refractivity contribution >= 4 is 18.3 Å². The van der Waals surface area contributed by atoms with Gasteiger partial charge in [0.2, 0.25) is 5.91 Å². The second-order valence-electron chi connectivity index (χ2n) is 6.32. The number of amides is 1. The maximum absolute atomic E-state index is 13.9. The van der Waals surface area contributed by atoms with Crippen molar-refractivity contribution < 1.29 is 13.6 Å². The first-order valence-electron chi connectivity index (χ1n) is 8.05. The highest BCUT2D eigenvalue weighted by Crippen LogP contribution is 2.18. The van der Waals surface area contributed by atoms with Gasteiger partial charge in [0.25, 0.3) is 0 Å². The monoisotopic (exact) mass is 361 g/mol. The number of benzene rings is 1. The van der Waals surface area contributed by atoms with Crippen molar-refractivity contribution in [3.63, 3.8) is 0 Å². The first-order valence-corrected chi connectivity index (χ1v) is 8.05. The molecule has 7 heteroatoms. The van der Waals surface area contributed by atoms with Crippen molar-refractivity contribution in [2.45, 2.75) is 19.4 Å². The molecule has 4 nitrogen and oxygen atoms in total. The summed E-state index contributed by atoms with van der Waals surface area (Å²) >= 11 is 0. The Kier molecular flexibility index (Phi) is 8.59. The van der Waals surface area contributed by atoms with E-state index >= 15 is 0 Å². The van der Waals surface area contributed by atoms with Gasteiger partial charge < -0.3 is 15.1 Å². The molecular formula is C17H26ClF2N3O. The van der Waals surface area contributed by atoms with Crippen LogP contribution in [0.5, 0.6) is 0 Å². The second kappa shape index (κ2) is 9.91. The van der Waals surface area contributed by atoms with E-state index in [2.05, 4.69) is 5.32 Å². The van der Waals surface area contributed by atoms with E-state index in [-0.39, 0.29) is 30.8 Å². The fourth-order valence-corrected chi connectivity index (χ4v) is 2.77. The fraction of sp³-hybridized carbons (Fsp3) is 0.588. The van der Waals surface area contributed by atoms with Gasteiger partial charge in [-0.25, -0.2) is 8.78 Å². The normalized spacial score (nSPS) is 15.2. The van der Waals surface area contributed by atoms with E-state index in [0.29, 0.717) is 18.7 Å². The first kappa shape index (κ1) is 20.8. The van der Waals surface area contributed by atoms with Gasteiger partial charge in [0.1, 0.15) is 11.6 Å². The van der Waals surface area contributed by atoms with Crippen molar-refractivity contribution in [2.75, 3.05) is 40.3 Å². The van der Waals surface area contributed by atoms with Crippen LogP contribution in [0.4, 0.5) is 8.78 Å². The van der Waals surface area contributed by atoms with Crippen molar-refractivity contribution in [3.05, 3.63) is 35.4 Å². The van der Waals surface area contributed by atoms with Crippen molar-refractivity contribution in [2.24, 2.45) is 5.92 Å².